The Hall–Kier alpha value is -2.36. The first-order valence-corrected chi connectivity index (χ1v) is 5.57. The molecule has 0 saturated carbocycles. The summed E-state index contributed by atoms with van der Waals surface area (Å²) in [5.74, 6) is 0.515. The molecule has 0 radical (unpaired) electrons. The molecule has 0 aliphatic rings. The van der Waals surface area contributed by atoms with E-state index in [1.165, 1.54) is 0 Å². The first-order chi connectivity index (χ1) is 8.76. The van der Waals surface area contributed by atoms with E-state index < -0.39 is 6.67 Å². The average molecular weight is 242 g/mol. The van der Waals surface area contributed by atoms with Crippen molar-refractivity contribution in [3.63, 3.8) is 0 Å². The van der Waals surface area contributed by atoms with E-state index in [4.69, 9.17) is 10.2 Å². The van der Waals surface area contributed by atoms with Crippen LogP contribution in [0.15, 0.2) is 46.9 Å². The molecule has 18 heavy (non-hydrogen) atoms. The van der Waals surface area contributed by atoms with Gasteiger partial charge in [-0.2, -0.15) is 0 Å². The summed E-state index contributed by atoms with van der Waals surface area (Å²) in [7, 11) is 0. The Balaban J connectivity index is 2.07. The lowest BCUT2D eigenvalue weighted by molar-refractivity contribution is 0.485. The number of halogens is 1. The van der Waals surface area contributed by atoms with Crippen molar-refractivity contribution in [1.82, 2.24) is 4.98 Å². The standard InChI is InChI=1S/C14H11FN2O/c15-8-9-1-3-10(4-2-9)14-17-12-7-11(16)5-6-13(12)18-14/h1-7H,8,16H2. The second kappa shape index (κ2) is 4.14. The lowest BCUT2D eigenvalue weighted by Gasteiger charge is -1.96. The van der Waals surface area contributed by atoms with Gasteiger partial charge in [-0.1, -0.05) is 12.1 Å². The smallest absolute Gasteiger partial charge is 0.227 e. The van der Waals surface area contributed by atoms with Crippen molar-refractivity contribution >= 4 is 16.8 Å². The number of oxazole rings is 1. The highest BCUT2D eigenvalue weighted by molar-refractivity contribution is 5.79. The van der Waals surface area contributed by atoms with Gasteiger partial charge in [-0.3, -0.25) is 0 Å². The first kappa shape index (κ1) is 10.8. The van der Waals surface area contributed by atoms with E-state index >= 15 is 0 Å². The maximum Gasteiger partial charge on any atom is 0.227 e. The molecule has 0 bridgehead atoms. The highest BCUT2D eigenvalue weighted by Crippen LogP contribution is 2.25. The molecule has 3 aromatic rings. The fourth-order valence-electron chi connectivity index (χ4n) is 1.80. The molecular formula is C14H11FN2O. The Morgan fingerprint density at radius 1 is 1.11 bits per heavy atom. The Labute approximate surface area is 103 Å². The van der Waals surface area contributed by atoms with Gasteiger partial charge in [0.1, 0.15) is 12.2 Å². The van der Waals surface area contributed by atoms with Crippen LogP contribution in [0.4, 0.5) is 10.1 Å². The molecule has 0 aliphatic heterocycles. The van der Waals surface area contributed by atoms with Gasteiger partial charge in [0.15, 0.2) is 5.58 Å². The van der Waals surface area contributed by atoms with Crippen LogP contribution in [0.5, 0.6) is 0 Å². The number of nitrogen functional groups attached to an aromatic ring is 1. The van der Waals surface area contributed by atoms with Crippen molar-refractivity contribution < 1.29 is 8.81 Å². The van der Waals surface area contributed by atoms with Gasteiger partial charge in [-0.15, -0.1) is 0 Å². The zero-order valence-corrected chi connectivity index (χ0v) is 9.56. The molecule has 0 amide bonds. The van der Waals surface area contributed by atoms with Gasteiger partial charge in [-0.25, -0.2) is 9.37 Å². The van der Waals surface area contributed by atoms with Crippen LogP contribution in [0, 0.1) is 0 Å². The van der Waals surface area contributed by atoms with Crippen LogP contribution in [0.1, 0.15) is 5.56 Å². The molecule has 1 aromatic heterocycles. The average Bonchev–Trinajstić information content (AvgIpc) is 2.81. The second-order valence-corrected chi connectivity index (χ2v) is 4.08. The minimum absolute atomic E-state index is 0.468. The van der Waals surface area contributed by atoms with E-state index in [2.05, 4.69) is 4.98 Å². The molecule has 2 aromatic carbocycles. The van der Waals surface area contributed by atoms with Crippen molar-refractivity contribution in [1.29, 1.82) is 0 Å². The highest BCUT2D eigenvalue weighted by Gasteiger charge is 2.08. The number of anilines is 1. The summed E-state index contributed by atoms with van der Waals surface area (Å²) in [5.41, 5.74) is 9.20. The summed E-state index contributed by atoms with van der Waals surface area (Å²) < 4.78 is 18.0. The minimum Gasteiger partial charge on any atom is -0.436 e. The van der Waals surface area contributed by atoms with Crippen LogP contribution in [-0.2, 0) is 6.67 Å². The van der Waals surface area contributed by atoms with Crippen LogP contribution in [-0.4, -0.2) is 4.98 Å². The molecule has 4 heteroatoms. The zero-order chi connectivity index (χ0) is 12.5. The summed E-state index contributed by atoms with van der Waals surface area (Å²) in [6, 6.07) is 12.3. The van der Waals surface area contributed by atoms with Crippen molar-refractivity contribution in [2.75, 3.05) is 5.73 Å². The molecule has 3 rings (SSSR count). The molecule has 3 nitrogen and oxygen atoms in total. The fraction of sp³-hybridized carbons (Fsp3) is 0.0714. The van der Waals surface area contributed by atoms with Gasteiger partial charge in [0.2, 0.25) is 5.89 Å². The molecule has 0 spiro atoms. The third-order valence-electron chi connectivity index (χ3n) is 2.77. The van der Waals surface area contributed by atoms with Crippen molar-refractivity contribution in [2.24, 2.45) is 0 Å². The molecule has 2 N–H and O–H groups in total. The quantitative estimate of drug-likeness (QED) is 0.699. The summed E-state index contributed by atoms with van der Waals surface area (Å²) in [4.78, 5) is 4.36. The number of aromatic nitrogens is 1. The van der Waals surface area contributed by atoms with Gasteiger partial charge in [0, 0.05) is 11.3 Å². The number of rotatable bonds is 2. The molecule has 0 atom stereocenters. The van der Waals surface area contributed by atoms with Gasteiger partial charge in [-0.05, 0) is 35.9 Å². The number of hydrogen-bond donors (Lipinski definition) is 1. The topological polar surface area (TPSA) is 52.0 Å². The molecule has 0 aliphatic carbocycles. The van der Waals surface area contributed by atoms with Gasteiger partial charge < -0.3 is 10.2 Å². The maximum absolute atomic E-state index is 12.4. The summed E-state index contributed by atoms with van der Waals surface area (Å²) in [5, 5.41) is 0. The van der Waals surface area contributed by atoms with Gasteiger partial charge in [0.05, 0.1) is 0 Å². The van der Waals surface area contributed by atoms with Gasteiger partial charge >= 0.3 is 0 Å². The number of benzene rings is 2. The monoisotopic (exact) mass is 242 g/mol. The minimum atomic E-state index is -0.468. The van der Waals surface area contributed by atoms with E-state index in [1.807, 2.05) is 0 Å². The third-order valence-corrected chi connectivity index (χ3v) is 2.77. The number of nitrogens with two attached hydrogens (primary N) is 1. The Bertz CT molecular complexity index is 689. The first-order valence-electron chi connectivity index (χ1n) is 5.57. The SMILES string of the molecule is Nc1ccc2oc(-c3ccc(CF)cc3)nc2c1. The molecular weight excluding hydrogens is 231 g/mol. The summed E-state index contributed by atoms with van der Waals surface area (Å²) >= 11 is 0. The maximum atomic E-state index is 12.4. The Kier molecular flexibility index (Phi) is 2.48. The van der Waals surface area contributed by atoms with Crippen LogP contribution in [0.2, 0.25) is 0 Å². The Morgan fingerprint density at radius 2 is 1.89 bits per heavy atom. The van der Waals surface area contributed by atoms with Crippen LogP contribution < -0.4 is 5.73 Å². The van der Waals surface area contributed by atoms with Crippen LogP contribution in [0.3, 0.4) is 0 Å². The van der Waals surface area contributed by atoms with Crippen molar-refractivity contribution in [3.8, 4) is 11.5 Å². The summed E-state index contributed by atoms with van der Waals surface area (Å²) in [6.07, 6.45) is 0. The van der Waals surface area contributed by atoms with Gasteiger partial charge in [0.25, 0.3) is 0 Å². The number of alkyl halides is 1. The number of fused-ring (bicyclic) bond motifs is 1. The fourth-order valence-corrected chi connectivity index (χ4v) is 1.80. The molecule has 90 valence electrons. The van der Waals surface area contributed by atoms with Crippen molar-refractivity contribution in [3.05, 3.63) is 48.0 Å². The second-order valence-electron chi connectivity index (χ2n) is 4.08. The summed E-state index contributed by atoms with van der Waals surface area (Å²) in [6.45, 7) is -0.468. The number of hydrogen-bond acceptors (Lipinski definition) is 3. The van der Waals surface area contributed by atoms with Crippen molar-refractivity contribution in [2.45, 2.75) is 6.67 Å². The lowest BCUT2D eigenvalue weighted by atomic mass is 10.1. The lowest BCUT2D eigenvalue weighted by Crippen LogP contribution is -1.82. The zero-order valence-electron chi connectivity index (χ0n) is 9.56. The molecule has 0 fully saturated rings. The van der Waals surface area contributed by atoms with E-state index in [0.29, 0.717) is 22.7 Å². The van der Waals surface area contributed by atoms with E-state index in [-0.39, 0.29) is 0 Å². The van der Waals surface area contributed by atoms with Crippen LogP contribution in [0.25, 0.3) is 22.6 Å². The predicted octanol–water partition coefficient (Wildman–Crippen LogP) is 3.55. The normalized spacial score (nSPS) is 10.9. The van der Waals surface area contributed by atoms with E-state index in [9.17, 15) is 4.39 Å². The third kappa shape index (κ3) is 1.82. The highest BCUT2D eigenvalue weighted by atomic mass is 19.1. The largest absolute Gasteiger partial charge is 0.436 e. The Morgan fingerprint density at radius 3 is 2.61 bits per heavy atom. The number of nitrogens with zero attached hydrogens (tertiary/aromatic N) is 1. The van der Waals surface area contributed by atoms with Crippen LogP contribution >= 0.6 is 0 Å². The molecule has 1 heterocycles. The van der Waals surface area contributed by atoms with E-state index in [1.54, 1.807) is 42.5 Å². The predicted molar refractivity (Wildman–Crippen MR) is 68.7 cm³/mol. The van der Waals surface area contributed by atoms with E-state index in [0.717, 1.165) is 11.1 Å². The molecule has 0 saturated heterocycles. The molecule has 0 unspecified atom stereocenters.